The lowest BCUT2D eigenvalue weighted by Gasteiger charge is -2.00. The van der Waals surface area contributed by atoms with Crippen molar-refractivity contribution in [3.05, 3.63) is 30.3 Å². The molecule has 1 aromatic heterocycles. The minimum atomic E-state index is 0.530. The van der Waals surface area contributed by atoms with Crippen LogP contribution < -0.4 is 0 Å². The van der Waals surface area contributed by atoms with Crippen LogP contribution in [0.1, 0.15) is 13.8 Å². The van der Waals surface area contributed by atoms with Gasteiger partial charge in [-0.15, -0.1) is 10.2 Å². The molecule has 0 amide bonds. The van der Waals surface area contributed by atoms with Gasteiger partial charge >= 0.3 is 0 Å². The lowest BCUT2D eigenvalue weighted by molar-refractivity contribution is 0.430. The molecule has 0 radical (unpaired) electrons. The predicted octanol–water partition coefficient (Wildman–Crippen LogP) is 2.00. The van der Waals surface area contributed by atoms with Crippen LogP contribution in [0.3, 0.4) is 0 Å². The third-order valence-electron chi connectivity index (χ3n) is 2.01. The summed E-state index contributed by atoms with van der Waals surface area (Å²) in [6, 6.07) is 9.88. The van der Waals surface area contributed by atoms with Gasteiger partial charge in [-0.05, 0) is 11.1 Å². The summed E-state index contributed by atoms with van der Waals surface area (Å²) in [6.07, 6.45) is 0. The first-order chi connectivity index (χ1) is 7.25. The van der Waals surface area contributed by atoms with Crippen LogP contribution in [0.5, 0.6) is 0 Å². The second-order valence-electron chi connectivity index (χ2n) is 3.93. The Morgan fingerprint density at radius 2 is 1.93 bits per heavy atom. The van der Waals surface area contributed by atoms with E-state index in [0.29, 0.717) is 11.7 Å². The summed E-state index contributed by atoms with van der Waals surface area (Å²) in [5, 5.41) is 12.3. The molecule has 4 heteroatoms. The number of nitrogens with zero attached hydrogens (tertiary/aromatic N) is 4. The van der Waals surface area contributed by atoms with Crippen molar-refractivity contribution in [3.63, 3.8) is 0 Å². The zero-order chi connectivity index (χ0) is 10.7. The molecule has 4 nitrogen and oxygen atoms in total. The van der Waals surface area contributed by atoms with Crippen LogP contribution in [0, 0.1) is 5.92 Å². The Labute approximate surface area is 88.9 Å². The molecular weight excluding hydrogens is 188 g/mol. The first-order valence-electron chi connectivity index (χ1n) is 5.09. The number of tetrazole rings is 1. The fourth-order valence-electron chi connectivity index (χ4n) is 1.35. The number of rotatable bonds is 3. The molecule has 2 aromatic rings. The van der Waals surface area contributed by atoms with Gasteiger partial charge in [-0.25, -0.2) is 0 Å². The van der Waals surface area contributed by atoms with Crippen LogP contribution in [0.2, 0.25) is 0 Å². The first kappa shape index (κ1) is 9.83. The van der Waals surface area contributed by atoms with E-state index in [2.05, 4.69) is 29.3 Å². The van der Waals surface area contributed by atoms with Gasteiger partial charge < -0.3 is 0 Å². The van der Waals surface area contributed by atoms with Gasteiger partial charge in [0.25, 0.3) is 0 Å². The highest BCUT2D eigenvalue weighted by Crippen LogP contribution is 2.11. The molecule has 1 aromatic carbocycles. The van der Waals surface area contributed by atoms with Crippen molar-refractivity contribution in [1.82, 2.24) is 20.2 Å². The van der Waals surface area contributed by atoms with E-state index >= 15 is 0 Å². The minimum Gasteiger partial charge on any atom is -0.164 e. The van der Waals surface area contributed by atoms with E-state index in [1.807, 2.05) is 30.3 Å². The van der Waals surface area contributed by atoms with Crippen LogP contribution in [0.25, 0.3) is 11.4 Å². The van der Waals surface area contributed by atoms with Gasteiger partial charge in [-0.2, -0.15) is 4.80 Å². The fraction of sp³-hybridized carbons (Fsp3) is 0.364. The number of benzene rings is 1. The van der Waals surface area contributed by atoms with Crippen molar-refractivity contribution in [1.29, 1.82) is 0 Å². The van der Waals surface area contributed by atoms with Crippen LogP contribution in [0.15, 0.2) is 30.3 Å². The Morgan fingerprint density at radius 3 is 2.60 bits per heavy atom. The Kier molecular flexibility index (Phi) is 2.76. The van der Waals surface area contributed by atoms with Crippen molar-refractivity contribution in [3.8, 4) is 11.4 Å². The van der Waals surface area contributed by atoms with Gasteiger partial charge in [0.15, 0.2) is 0 Å². The third kappa shape index (κ3) is 2.40. The summed E-state index contributed by atoms with van der Waals surface area (Å²) < 4.78 is 0. The molecule has 0 aliphatic heterocycles. The van der Waals surface area contributed by atoms with Crippen molar-refractivity contribution < 1.29 is 0 Å². The quantitative estimate of drug-likeness (QED) is 0.764. The summed E-state index contributed by atoms with van der Waals surface area (Å²) in [4.78, 5) is 1.65. The molecule has 0 bridgehead atoms. The monoisotopic (exact) mass is 202 g/mol. The van der Waals surface area contributed by atoms with E-state index in [1.54, 1.807) is 4.80 Å². The average Bonchev–Trinajstić information content (AvgIpc) is 2.67. The van der Waals surface area contributed by atoms with Crippen molar-refractivity contribution >= 4 is 0 Å². The molecule has 0 saturated heterocycles. The summed E-state index contributed by atoms with van der Waals surface area (Å²) in [5.74, 6) is 1.22. The molecule has 2 rings (SSSR count). The van der Waals surface area contributed by atoms with Crippen LogP contribution in [-0.4, -0.2) is 20.2 Å². The molecule has 0 saturated carbocycles. The fourth-order valence-corrected chi connectivity index (χ4v) is 1.35. The second-order valence-corrected chi connectivity index (χ2v) is 3.93. The van der Waals surface area contributed by atoms with Gasteiger partial charge in [0.1, 0.15) is 0 Å². The van der Waals surface area contributed by atoms with Crippen molar-refractivity contribution in [2.24, 2.45) is 5.92 Å². The van der Waals surface area contributed by atoms with Gasteiger partial charge in [0.2, 0.25) is 5.82 Å². The van der Waals surface area contributed by atoms with E-state index in [1.165, 1.54) is 0 Å². The highest BCUT2D eigenvalue weighted by atomic mass is 15.6. The SMILES string of the molecule is CC(C)Cn1nnc(-c2ccccc2)n1. The van der Waals surface area contributed by atoms with Crippen molar-refractivity contribution in [2.45, 2.75) is 20.4 Å². The average molecular weight is 202 g/mol. The van der Waals surface area contributed by atoms with Crippen LogP contribution in [0.4, 0.5) is 0 Å². The highest BCUT2D eigenvalue weighted by Gasteiger charge is 2.05. The highest BCUT2D eigenvalue weighted by molar-refractivity contribution is 5.52. The molecule has 0 fully saturated rings. The maximum atomic E-state index is 4.32. The Balaban J connectivity index is 2.21. The number of hydrogen-bond acceptors (Lipinski definition) is 3. The maximum absolute atomic E-state index is 4.32. The maximum Gasteiger partial charge on any atom is 0.204 e. The molecule has 0 spiro atoms. The minimum absolute atomic E-state index is 0.530. The lowest BCUT2D eigenvalue weighted by Crippen LogP contribution is -2.07. The number of hydrogen-bond donors (Lipinski definition) is 0. The third-order valence-corrected chi connectivity index (χ3v) is 2.01. The van der Waals surface area contributed by atoms with Gasteiger partial charge in [0, 0.05) is 5.56 Å². The van der Waals surface area contributed by atoms with E-state index in [-0.39, 0.29) is 0 Å². The second kappa shape index (κ2) is 4.21. The summed E-state index contributed by atoms with van der Waals surface area (Å²) in [7, 11) is 0. The number of aromatic nitrogens is 4. The van der Waals surface area contributed by atoms with E-state index in [4.69, 9.17) is 0 Å². The molecule has 0 N–H and O–H groups in total. The van der Waals surface area contributed by atoms with E-state index in [0.717, 1.165) is 12.1 Å². The molecule has 1 heterocycles. The lowest BCUT2D eigenvalue weighted by atomic mass is 10.2. The largest absolute Gasteiger partial charge is 0.204 e. The smallest absolute Gasteiger partial charge is 0.164 e. The predicted molar refractivity (Wildman–Crippen MR) is 58.1 cm³/mol. The first-order valence-corrected chi connectivity index (χ1v) is 5.09. The topological polar surface area (TPSA) is 43.6 Å². The van der Waals surface area contributed by atoms with Crippen LogP contribution in [-0.2, 0) is 6.54 Å². The molecule has 15 heavy (non-hydrogen) atoms. The van der Waals surface area contributed by atoms with Gasteiger partial charge in [-0.3, -0.25) is 0 Å². The summed E-state index contributed by atoms with van der Waals surface area (Å²) in [5.41, 5.74) is 1.01. The molecule has 0 atom stereocenters. The van der Waals surface area contributed by atoms with E-state index < -0.39 is 0 Å². The van der Waals surface area contributed by atoms with Crippen LogP contribution >= 0.6 is 0 Å². The Morgan fingerprint density at radius 1 is 1.20 bits per heavy atom. The van der Waals surface area contributed by atoms with Gasteiger partial charge in [-0.1, -0.05) is 44.2 Å². The zero-order valence-electron chi connectivity index (χ0n) is 8.96. The van der Waals surface area contributed by atoms with E-state index in [9.17, 15) is 0 Å². The molecule has 0 aliphatic carbocycles. The summed E-state index contributed by atoms with van der Waals surface area (Å²) >= 11 is 0. The normalized spacial score (nSPS) is 10.9. The molecule has 78 valence electrons. The summed E-state index contributed by atoms with van der Waals surface area (Å²) in [6.45, 7) is 5.07. The molecule has 0 aliphatic rings. The Hall–Kier alpha value is -1.71. The van der Waals surface area contributed by atoms with Crippen molar-refractivity contribution in [2.75, 3.05) is 0 Å². The zero-order valence-corrected chi connectivity index (χ0v) is 8.96. The van der Waals surface area contributed by atoms with Gasteiger partial charge in [0.05, 0.1) is 6.54 Å². The standard InChI is InChI=1S/C11H14N4/c1-9(2)8-15-13-11(12-14-15)10-6-4-3-5-7-10/h3-7,9H,8H2,1-2H3. The molecular formula is C11H14N4. The molecule has 0 unspecified atom stereocenters. The Bertz CT molecular complexity index is 419.